The Morgan fingerprint density at radius 1 is 1.06 bits per heavy atom. The summed E-state index contributed by atoms with van der Waals surface area (Å²) in [6.45, 7) is 3.24. The van der Waals surface area contributed by atoms with E-state index in [1.54, 1.807) is 44.2 Å². The quantitative estimate of drug-likeness (QED) is 0.542. The molecule has 0 saturated heterocycles. The van der Waals surface area contributed by atoms with Crippen LogP contribution in [0.2, 0.25) is 15.1 Å². The maximum absolute atomic E-state index is 13.3. The summed E-state index contributed by atoms with van der Waals surface area (Å²) in [5.74, 6) is -0.935. The SMILES string of the molecule is CCNC(=O)C(C)N(Cc1ccc(Cl)c(Cl)c1)C(=O)CN(c1cccc(Cl)c1)S(C)(=O)=O. The van der Waals surface area contributed by atoms with E-state index in [1.165, 1.54) is 17.0 Å². The highest BCUT2D eigenvalue weighted by molar-refractivity contribution is 7.92. The van der Waals surface area contributed by atoms with E-state index in [-0.39, 0.29) is 18.1 Å². The van der Waals surface area contributed by atoms with Crippen molar-refractivity contribution in [2.75, 3.05) is 23.7 Å². The third-order valence-electron chi connectivity index (χ3n) is 4.63. The van der Waals surface area contributed by atoms with Crippen LogP contribution in [-0.2, 0) is 26.2 Å². The van der Waals surface area contributed by atoms with Crippen LogP contribution in [0.5, 0.6) is 0 Å². The Balaban J connectivity index is 2.40. The highest BCUT2D eigenvalue weighted by Gasteiger charge is 2.30. The Morgan fingerprint density at radius 3 is 2.31 bits per heavy atom. The number of carbonyl (C=O) groups excluding carboxylic acids is 2. The second-order valence-corrected chi connectivity index (χ2v) is 10.2. The number of hydrogen-bond donors (Lipinski definition) is 1. The first-order valence-electron chi connectivity index (χ1n) is 9.68. The number of benzene rings is 2. The maximum atomic E-state index is 13.3. The lowest BCUT2D eigenvalue weighted by molar-refractivity contribution is -0.139. The number of nitrogens with one attached hydrogen (secondary N) is 1. The fraction of sp³-hybridized carbons (Fsp3) is 0.333. The molecule has 1 N–H and O–H groups in total. The Hall–Kier alpha value is -2.00. The van der Waals surface area contributed by atoms with Crippen LogP contribution in [0, 0.1) is 0 Å². The molecule has 0 aromatic heterocycles. The van der Waals surface area contributed by atoms with Gasteiger partial charge in [-0.1, -0.05) is 46.9 Å². The normalized spacial score (nSPS) is 12.2. The summed E-state index contributed by atoms with van der Waals surface area (Å²) in [4.78, 5) is 27.1. The van der Waals surface area contributed by atoms with E-state index < -0.39 is 28.5 Å². The molecule has 2 amide bonds. The Bertz CT molecular complexity index is 1100. The molecule has 2 aromatic rings. The molecule has 0 saturated carbocycles. The molecular formula is C21H24Cl3N3O4S. The monoisotopic (exact) mass is 519 g/mol. The van der Waals surface area contributed by atoms with E-state index in [1.807, 2.05) is 0 Å². The van der Waals surface area contributed by atoms with Crippen LogP contribution in [0.15, 0.2) is 42.5 Å². The van der Waals surface area contributed by atoms with Crippen LogP contribution < -0.4 is 9.62 Å². The molecule has 0 fully saturated rings. The van der Waals surface area contributed by atoms with Gasteiger partial charge in [-0.15, -0.1) is 0 Å². The van der Waals surface area contributed by atoms with E-state index in [0.717, 1.165) is 10.6 Å². The van der Waals surface area contributed by atoms with Crippen molar-refractivity contribution in [3.8, 4) is 0 Å². The number of hydrogen-bond acceptors (Lipinski definition) is 4. The summed E-state index contributed by atoms with van der Waals surface area (Å²) in [6, 6.07) is 10.2. The highest BCUT2D eigenvalue weighted by atomic mass is 35.5. The number of halogens is 3. The second kappa shape index (κ2) is 11.2. The minimum atomic E-state index is -3.82. The number of nitrogens with zero attached hydrogens (tertiary/aromatic N) is 2. The van der Waals surface area contributed by atoms with Crippen LogP contribution in [0.1, 0.15) is 19.4 Å². The summed E-state index contributed by atoms with van der Waals surface area (Å²) >= 11 is 18.1. The van der Waals surface area contributed by atoms with Crippen molar-refractivity contribution in [3.05, 3.63) is 63.1 Å². The fourth-order valence-corrected chi connectivity index (χ4v) is 4.33. The Labute approximate surface area is 203 Å². The van der Waals surface area contributed by atoms with E-state index in [2.05, 4.69) is 5.32 Å². The van der Waals surface area contributed by atoms with E-state index in [4.69, 9.17) is 34.8 Å². The van der Waals surface area contributed by atoms with Crippen molar-refractivity contribution in [1.82, 2.24) is 10.2 Å². The summed E-state index contributed by atoms with van der Waals surface area (Å²) < 4.78 is 25.8. The highest BCUT2D eigenvalue weighted by Crippen LogP contribution is 2.25. The summed E-state index contributed by atoms with van der Waals surface area (Å²) in [5, 5.41) is 3.67. The fourth-order valence-electron chi connectivity index (χ4n) is 2.98. The predicted molar refractivity (Wildman–Crippen MR) is 129 cm³/mol. The second-order valence-electron chi connectivity index (χ2n) is 7.09. The molecule has 2 rings (SSSR count). The Kier molecular flexibility index (Phi) is 9.21. The van der Waals surface area contributed by atoms with Gasteiger partial charge in [0.25, 0.3) is 0 Å². The smallest absolute Gasteiger partial charge is 0.244 e. The molecule has 1 atom stereocenters. The van der Waals surface area contributed by atoms with E-state index in [0.29, 0.717) is 27.2 Å². The molecule has 7 nitrogen and oxygen atoms in total. The molecule has 11 heteroatoms. The lowest BCUT2D eigenvalue weighted by Gasteiger charge is -2.31. The maximum Gasteiger partial charge on any atom is 0.244 e. The molecule has 0 aliphatic rings. The molecule has 0 radical (unpaired) electrons. The molecule has 0 bridgehead atoms. The minimum absolute atomic E-state index is 0.0289. The number of rotatable bonds is 9. The third kappa shape index (κ3) is 7.00. The molecule has 0 aliphatic carbocycles. The number of sulfonamides is 1. The van der Waals surface area contributed by atoms with Crippen molar-refractivity contribution in [2.45, 2.75) is 26.4 Å². The van der Waals surface area contributed by atoms with E-state index in [9.17, 15) is 18.0 Å². The zero-order valence-corrected chi connectivity index (χ0v) is 20.9. The topological polar surface area (TPSA) is 86.8 Å². The lowest BCUT2D eigenvalue weighted by Crippen LogP contribution is -2.51. The zero-order valence-electron chi connectivity index (χ0n) is 17.8. The summed E-state index contributed by atoms with van der Waals surface area (Å²) in [6.07, 6.45) is 0.998. The number of carbonyl (C=O) groups is 2. The first kappa shape index (κ1) is 26.3. The van der Waals surface area contributed by atoms with Crippen molar-refractivity contribution >= 4 is 62.3 Å². The number of likely N-dealkylation sites (N-methyl/N-ethyl adjacent to an activating group) is 1. The van der Waals surface area contributed by atoms with Crippen LogP contribution in [-0.4, -0.2) is 50.5 Å². The molecule has 2 aromatic carbocycles. The van der Waals surface area contributed by atoms with Crippen LogP contribution in [0.4, 0.5) is 5.69 Å². The van der Waals surface area contributed by atoms with E-state index >= 15 is 0 Å². The van der Waals surface area contributed by atoms with Gasteiger partial charge in [-0.05, 0) is 49.7 Å². The van der Waals surface area contributed by atoms with Gasteiger partial charge >= 0.3 is 0 Å². The van der Waals surface area contributed by atoms with Gasteiger partial charge in [-0.25, -0.2) is 8.42 Å². The predicted octanol–water partition coefficient (Wildman–Crippen LogP) is 3.97. The van der Waals surface area contributed by atoms with Gasteiger partial charge in [0, 0.05) is 18.1 Å². The van der Waals surface area contributed by atoms with Gasteiger partial charge in [0.05, 0.1) is 22.0 Å². The first-order valence-corrected chi connectivity index (χ1v) is 12.7. The zero-order chi connectivity index (χ0) is 24.1. The van der Waals surface area contributed by atoms with Crippen LogP contribution in [0.25, 0.3) is 0 Å². The molecule has 174 valence electrons. The van der Waals surface area contributed by atoms with Crippen LogP contribution >= 0.6 is 34.8 Å². The standard InChI is InChI=1S/C21H24Cl3N3O4S/c1-4-25-21(29)14(2)26(12-15-8-9-18(23)19(24)10-15)20(28)13-27(32(3,30)31)17-7-5-6-16(22)11-17/h5-11,14H,4,12-13H2,1-3H3,(H,25,29). The van der Waals surface area contributed by atoms with Crippen molar-refractivity contribution in [3.63, 3.8) is 0 Å². The Morgan fingerprint density at radius 2 is 1.75 bits per heavy atom. The summed E-state index contributed by atoms with van der Waals surface area (Å²) in [7, 11) is -3.82. The van der Waals surface area contributed by atoms with Gasteiger partial charge in [0.2, 0.25) is 21.8 Å². The van der Waals surface area contributed by atoms with Crippen molar-refractivity contribution in [2.24, 2.45) is 0 Å². The summed E-state index contributed by atoms with van der Waals surface area (Å²) in [5.41, 5.74) is 0.881. The number of amides is 2. The largest absolute Gasteiger partial charge is 0.355 e. The third-order valence-corrected chi connectivity index (χ3v) is 6.75. The van der Waals surface area contributed by atoms with Crippen molar-refractivity contribution < 1.29 is 18.0 Å². The van der Waals surface area contributed by atoms with Gasteiger partial charge in [-0.3, -0.25) is 13.9 Å². The molecule has 0 aliphatic heterocycles. The minimum Gasteiger partial charge on any atom is -0.355 e. The first-order chi connectivity index (χ1) is 14.9. The number of anilines is 1. The van der Waals surface area contributed by atoms with Crippen molar-refractivity contribution in [1.29, 1.82) is 0 Å². The molecule has 0 spiro atoms. The van der Waals surface area contributed by atoms with Crippen LogP contribution in [0.3, 0.4) is 0 Å². The average Bonchev–Trinajstić information content (AvgIpc) is 2.71. The molecule has 0 heterocycles. The van der Waals surface area contributed by atoms with Gasteiger partial charge in [-0.2, -0.15) is 0 Å². The van der Waals surface area contributed by atoms with Gasteiger partial charge < -0.3 is 10.2 Å². The molecular weight excluding hydrogens is 497 g/mol. The molecule has 32 heavy (non-hydrogen) atoms. The van der Waals surface area contributed by atoms with Gasteiger partial charge in [0.15, 0.2) is 0 Å². The average molecular weight is 521 g/mol. The molecule has 1 unspecified atom stereocenters. The van der Waals surface area contributed by atoms with Gasteiger partial charge in [0.1, 0.15) is 12.6 Å². The lowest BCUT2D eigenvalue weighted by atomic mass is 10.1.